The molecule has 118 valence electrons. The van der Waals surface area contributed by atoms with Crippen molar-refractivity contribution in [2.75, 3.05) is 0 Å². The van der Waals surface area contributed by atoms with E-state index in [1.54, 1.807) is 0 Å². The van der Waals surface area contributed by atoms with Crippen LogP contribution in [-0.4, -0.2) is 28.1 Å². The third-order valence-corrected chi connectivity index (χ3v) is 5.87. The van der Waals surface area contributed by atoms with Crippen LogP contribution < -0.4 is 0 Å². The number of nitrogens with zero attached hydrogens (tertiary/aromatic N) is 1. The number of rotatable bonds is 4. The topological polar surface area (TPSA) is 40.5 Å². The lowest BCUT2D eigenvalue weighted by molar-refractivity contribution is -0.142. The molecule has 1 saturated heterocycles. The summed E-state index contributed by atoms with van der Waals surface area (Å²) in [6.45, 7) is 0.804. The van der Waals surface area contributed by atoms with Gasteiger partial charge in [-0.25, -0.2) is 0 Å². The summed E-state index contributed by atoms with van der Waals surface area (Å²) in [6, 6.07) is 9.06. The number of hydrogen-bond donors (Lipinski definition) is 1. The molecule has 3 heteroatoms. The summed E-state index contributed by atoms with van der Waals surface area (Å²) in [4.78, 5) is 14.0. The predicted octanol–water partition coefficient (Wildman–Crippen LogP) is 3.78. The van der Waals surface area contributed by atoms with Crippen LogP contribution in [-0.2, 0) is 11.3 Å². The van der Waals surface area contributed by atoms with Gasteiger partial charge in [-0.15, -0.1) is 0 Å². The standard InChI is InChI=1S/C19H25NO2/c21-19(22)18-11-16-5-1-2-7-17(16)20(18)12-13-4-3-6-15(10-13)14-8-9-14/h3-4,6,10,14,16-18H,1-2,5,7-9,11-12H2,(H,21,22). The summed E-state index contributed by atoms with van der Waals surface area (Å²) in [5, 5.41) is 9.62. The fourth-order valence-electron chi connectivity index (χ4n) is 4.60. The number of hydrogen-bond acceptors (Lipinski definition) is 2. The van der Waals surface area contributed by atoms with Gasteiger partial charge >= 0.3 is 5.97 Å². The van der Waals surface area contributed by atoms with E-state index >= 15 is 0 Å². The second-order valence-corrected chi connectivity index (χ2v) is 7.39. The molecule has 0 spiro atoms. The average molecular weight is 299 g/mol. The van der Waals surface area contributed by atoms with Gasteiger partial charge in [-0.1, -0.05) is 37.1 Å². The quantitative estimate of drug-likeness (QED) is 0.919. The van der Waals surface area contributed by atoms with Crippen molar-refractivity contribution < 1.29 is 9.90 Å². The van der Waals surface area contributed by atoms with E-state index in [0.717, 1.165) is 18.9 Å². The lowest BCUT2D eigenvalue weighted by Gasteiger charge is -2.33. The van der Waals surface area contributed by atoms with Gasteiger partial charge in [-0.05, 0) is 55.1 Å². The third kappa shape index (κ3) is 2.67. The molecule has 3 atom stereocenters. The Bertz CT molecular complexity index is 566. The van der Waals surface area contributed by atoms with Crippen molar-refractivity contribution >= 4 is 5.97 Å². The zero-order valence-corrected chi connectivity index (χ0v) is 13.1. The molecule has 3 fully saturated rings. The van der Waals surface area contributed by atoms with Crippen LogP contribution in [0.4, 0.5) is 0 Å². The van der Waals surface area contributed by atoms with E-state index in [0.29, 0.717) is 12.0 Å². The van der Waals surface area contributed by atoms with Crippen LogP contribution >= 0.6 is 0 Å². The van der Waals surface area contributed by atoms with Gasteiger partial charge < -0.3 is 5.11 Å². The molecule has 2 aliphatic carbocycles. The van der Waals surface area contributed by atoms with Crippen molar-refractivity contribution in [3.63, 3.8) is 0 Å². The fraction of sp³-hybridized carbons (Fsp3) is 0.632. The predicted molar refractivity (Wildman–Crippen MR) is 85.7 cm³/mol. The maximum atomic E-state index is 11.7. The first-order chi connectivity index (χ1) is 10.7. The average Bonchev–Trinajstić information content (AvgIpc) is 3.31. The lowest BCUT2D eigenvalue weighted by Crippen LogP contribution is -2.41. The zero-order valence-electron chi connectivity index (χ0n) is 13.1. The molecular formula is C19H25NO2. The first kappa shape index (κ1) is 14.3. The van der Waals surface area contributed by atoms with E-state index < -0.39 is 5.97 Å². The van der Waals surface area contributed by atoms with Crippen LogP contribution in [0.5, 0.6) is 0 Å². The third-order valence-electron chi connectivity index (χ3n) is 5.87. The molecule has 1 aliphatic heterocycles. The minimum absolute atomic E-state index is 0.280. The molecule has 1 aromatic rings. The van der Waals surface area contributed by atoms with Gasteiger partial charge in [-0.3, -0.25) is 9.69 Å². The summed E-state index contributed by atoms with van der Waals surface area (Å²) in [5.74, 6) is 0.727. The van der Waals surface area contributed by atoms with Crippen molar-refractivity contribution in [3.8, 4) is 0 Å². The molecule has 4 rings (SSSR count). The molecule has 3 unspecified atom stereocenters. The molecule has 0 aromatic heterocycles. The van der Waals surface area contributed by atoms with Crippen LogP contribution in [0.1, 0.15) is 62.0 Å². The molecule has 0 bridgehead atoms. The normalized spacial score (nSPS) is 31.9. The molecule has 1 heterocycles. The van der Waals surface area contributed by atoms with Crippen LogP contribution in [0.25, 0.3) is 0 Å². The van der Waals surface area contributed by atoms with E-state index in [4.69, 9.17) is 0 Å². The Morgan fingerprint density at radius 3 is 2.77 bits per heavy atom. The molecule has 2 saturated carbocycles. The minimum Gasteiger partial charge on any atom is -0.480 e. The molecule has 1 N–H and O–H groups in total. The number of carboxylic acid groups (broad SMARTS) is 1. The Kier molecular flexibility index (Phi) is 3.69. The highest BCUT2D eigenvalue weighted by Crippen LogP contribution is 2.42. The van der Waals surface area contributed by atoms with Gasteiger partial charge in [0.05, 0.1) is 0 Å². The number of benzene rings is 1. The van der Waals surface area contributed by atoms with E-state index in [1.165, 1.54) is 49.7 Å². The largest absolute Gasteiger partial charge is 0.480 e. The molecule has 3 aliphatic rings. The van der Waals surface area contributed by atoms with Crippen LogP contribution in [0.3, 0.4) is 0 Å². The Balaban J connectivity index is 1.55. The van der Waals surface area contributed by atoms with Gasteiger partial charge in [0.25, 0.3) is 0 Å². The molecule has 0 amide bonds. The van der Waals surface area contributed by atoms with Gasteiger partial charge in [0.1, 0.15) is 6.04 Å². The Hall–Kier alpha value is -1.35. The summed E-state index contributed by atoms with van der Waals surface area (Å²) in [6.07, 6.45) is 8.40. The fourth-order valence-corrected chi connectivity index (χ4v) is 4.60. The highest BCUT2D eigenvalue weighted by atomic mass is 16.4. The van der Waals surface area contributed by atoms with Gasteiger partial charge in [-0.2, -0.15) is 0 Å². The van der Waals surface area contributed by atoms with Crippen molar-refractivity contribution in [2.45, 2.75) is 69.5 Å². The molecule has 1 aromatic carbocycles. The van der Waals surface area contributed by atoms with Crippen LogP contribution in [0.15, 0.2) is 24.3 Å². The molecule has 0 radical (unpaired) electrons. The highest BCUT2D eigenvalue weighted by Gasteiger charge is 2.44. The SMILES string of the molecule is O=C(O)C1CC2CCCCC2N1Cc1cccc(C2CC2)c1. The Labute approximate surface area is 132 Å². The monoisotopic (exact) mass is 299 g/mol. The number of fused-ring (bicyclic) bond motifs is 1. The van der Waals surface area contributed by atoms with Crippen molar-refractivity contribution in [2.24, 2.45) is 5.92 Å². The first-order valence-corrected chi connectivity index (χ1v) is 8.80. The highest BCUT2D eigenvalue weighted by molar-refractivity contribution is 5.74. The van der Waals surface area contributed by atoms with E-state index in [1.807, 2.05) is 0 Å². The van der Waals surface area contributed by atoms with Crippen molar-refractivity contribution in [1.29, 1.82) is 0 Å². The Morgan fingerprint density at radius 2 is 2.00 bits per heavy atom. The van der Waals surface area contributed by atoms with Crippen LogP contribution in [0.2, 0.25) is 0 Å². The Morgan fingerprint density at radius 1 is 1.18 bits per heavy atom. The van der Waals surface area contributed by atoms with E-state index in [9.17, 15) is 9.90 Å². The smallest absolute Gasteiger partial charge is 0.320 e. The number of carboxylic acids is 1. The zero-order chi connectivity index (χ0) is 15.1. The molecule has 3 nitrogen and oxygen atoms in total. The lowest BCUT2D eigenvalue weighted by atomic mass is 9.84. The summed E-state index contributed by atoms with van der Waals surface area (Å²) < 4.78 is 0. The first-order valence-electron chi connectivity index (χ1n) is 8.80. The molecule has 22 heavy (non-hydrogen) atoms. The second kappa shape index (κ2) is 5.69. The van der Waals surface area contributed by atoms with Gasteiger partial charge in [0, 0.05) is 12.6 Å². The summed E-state index contributed by atoms with van der Waals surface area (Å²) >= 11 is 0. The minimum atomic E-state index is -0.632. The van der Waals surface area contributed by atoms with Crippen LogP contribution in [0, 0.1) is 5.92 Å². The van der Waals surface area contributed by atoms with E-state index in [2.05, 4.69) is 29.2 Å². The van der Waals surface area contributed by atoms with E-state index in [-0.39, 0.29) is 6.04 Å². The summed E-state index contributed by atoms with van der Waals surface area (Å²) in [5.41, 5.74) is 2.74. The van der Waals surface area contributed by atoms with Gasteiger partial charge in [0.2, 0.25) is 0 Å². The summed E-state index contributed by atoms with van der Waals surface area (Å²) in [7, 11) is 0. The maximum Gasteiger partial charge on any atom is 0.320 e. The number of aliphatic carboxylic acids is 1. The maximum absolute atomic E-state index is 11.7. The van der Waals surface area contributed by atoms with Crippen molar-refractivity contribution in [1.82, 2.24) is 4.90 Å². The van der Waals surface area contributed by atoms with Gasteiger partial charge in [0.15, 0.2) is 0 Å². The second-order valence-electron chi connectivity index (χ2n) is 7.39. The number of carbonyl (C=O) groups is 1. The number of likely N-dealkylation sites (tertiary alicyclic amines) is 1. The molecular weight excluding hydrogens is 274 g/mol. The van der Waals surface area contributed by atoms with Crippen molar-refractivity contribution in [3.05, 3.63) is 35.4 Å².